The number of aromatic nitrogens is 1. The van der Waals surface area contributed by atoms with Crippen molar-refractivity contribution in [2.75, 3.05) is 18.6 Å². The molecular formula is C25H19FN2O6S. The van der Waals surface area contributed by atoms with Crippen molar-refractivity contribution in [3.63, 3.8) is 0 Å². The second-order valence-electron chi connectivity index (χ2n) is 7.80. The number of aryl methyl sites for hydroxylation is 1. The average Bonchev–Trinajstić information content (AvgIpc) is 3.37. The molecule has 4 aromatic rings. The van der Waals surface area contributed by atoms with E-state index >= 15 is 0 Å². The minimum atomic E-state index is -0.909. The third-order valence-corrected chi connectivity index (χ3v) is 6.84. The van der Waals surface area contributed by atoms with Crippen LogP contribution in [0, 0.1) is 12.7 Å². The van der Waals surface area contributed by atoms with Gasteiger partial charge in [-0.25, -0.2) is 14.2 Å². The van der Waals surface area contributed by atoms with Crippen LogP contribution in [-0.4, -0.2) is 30.6 Å². The first-order chi connectivity index (χ1) is 16.8. The molecule has 1 aliphatic rings. The maximum atomic E-state index is 14.0. The number of ether oxygens (including phenoxy) is 2. The van der Waals surface area contributed by atoms with E-state index in [-0.39, 0.29) is 32.3 Å². The number of methoxy groups -OCH3 is 1. The van der Waals surface area contributed by atoms with E-state index in [9.17, 15) is 18.8 Å². The van der Waals surface area contributed by atoms with Gasteiger partial charge in [-0.2, -0.15) is 0 Å². The Morgan fingerprint density at radius 3 is 2.63 bits per heavy atom. The highest BCUT2D eigenvalue weighted by atomic mass is 32.1. The van der Waals surface area contributed by atoms with E-state index in [1.807, 2.05) is 6.92 Å². The first-order valence-electron chi connectivity index (χ1n) is 10.7. The van der Waals surface area contributed by atoms with Crippen LogP contribution in [0.15, 0.2) is 51.7 Å². The van der Waals surface area contributed by atoms with Crippen LogP contribution >= 0.6 is 11.3 Å². The molecule has 10 heteroatoms. The van der Waals surface area contributed by atoms with E-state index in [1.54, 1.807) is 31.2 Å². The van der Waals surface area contributed by atoms with Crippen LogP contribution in [0.25, 0.3) is 11.0 Å². The minimum absolute atomic E-state index is 0.0277. The molecule has 0 bridgehead atoms. The van der Waals surface area contributed by atoms with Crippen molar-refractivity contribution in [2.24, 2.45) is 0 Å². The molecule has 178 valence electrons. The van der Waals surface area contributed by atoms with Crippen molar-refractivity contribution in [3.05, 3.63) is 86.0 Å². The van der Waals surface area contributed by atoms with E-state index in [0.29, 0.717) is 23.6 Å². The lowest BCUT2D eigenvalue weighted by Gasteiger charge is -2.22. The summed E-state index contributed by atoms with van der Waals surface area (Å²) in [6.45, 7) is 3.97. The number of carbonyl (C=O) groups is 2. The maximum Gasteiger partial charge on any atom is 0.350 e. The van der Waals surface area contributed by atoms with E-state index in [1.165, 1.54) is 18.1 Å². The second-order valence-corrected chi connectivity index (χ2v) is 8.77. The Morgan fingerprint density at radius 1 is 1.20 bits per heavy atom. The standard InChI is InChI=1S/C25H19FN2O6S/c1-4-33-15-8-5-13(6-9-15)19-18-20(29)16-11-14(26)7-10-17(16)34-21(18)23(30)28(19)25-27-12(2)22(35-25)24(31)32-3/h5-11,19H,4H2,1-3H3/t19-/m1/s1. The molecule has 2 aromatic heterocycles. The molecule has 0 N–H and O–H groups in total. The molecular weight excluding hydrogens is 475 g/mol. The van der Waals surface area contributed by atoms with Crippen LogP contribution in [-0.2, 0) is 4.74 Å². The number of benzene rings is 2. The molecule has 0 saturated carbocycles. The summed E-state index contributed by atoms with van der Waals surface area (Å²) in [5.41, 5.74) is 0.636. The summed E-state index contributed by atoms with van der Waals surface area (Å²) in [4.78, 5) is 45.3. The summed E-state index contributed by atoms with van der Waals surface area (Å²) >= 11 is 0.977. The predicted octanol–water partition coefficient (Wildman–Crippen LogP) is 4.63. The summed E-state index contributed by atoms with van der Waals surface area (Å²) < 4.78 is 30.1. The molecule has 3 heterocycles. The Bertz CT molecular complexity index is 1540. The van der Waals surface area contributed by atoms with Crippen molar-refractivity contribution >= 4 is 39.3 Å². The SMILES string of the molecule is CCOc1ccc([C@@H]2c3c(oc4ccc(F)cc4c3=O)C(=O)N2c2nc(C)c(C(=O)OC)s2)cc1. The lowest BCUT2D eigenvalue weighted by atomic mass is 9.98. The van der Waals surface area contributed by atoms with Crippen molar-refractivity contribution in [1.29, 1.82) is 0 Å². The lowest BCUT2D eigenvalue weighted by Crippen LogP contribution is -2.29. The van der Waals surface area contributed by atoms with Crippen molar-refractivity contribution < 1.29 is 27.9 Å². The zero-order valence-corrected chi connectivity index (χ0v) is 19.8. The number of fused-ring (bicyclic) bond motifs is 2. The fourth-order valence-corrected chi connectivity index (χ4v) is 5.15. The molecule has 5 rings (SSSR count). The maximum absolute atomic E-state index is 14.0. The lowest BCUT2D eigenvalue weighted by molar-refractivity contribution is 0.0605. The Morgan fingerprint density at radius 2 is 1.94 bits per heavy atom. The smallest absolute Gasteiger partial charge is 0.350 e. The molecule has 0 radical (unpaired) electrons. The van der Waals surface area contributed by atoms with Crippen molar-refractivity contribution in [2.45, 2.75) is 19.9 Å². The van der Waals surface area contributed by atoms with Gasteiger partial charge in [0.15, 0.2) is 10.6 Å². The highest BCUT2D eigenvalue weighted by molar-refractivity contribution is 7.17. The van der Waals surface area contributed by atoms with Crippen molar-refractivity contribution in [1.82, 2.24) is 4.98 Å². The molecule has 0 spiro atoms. The number of nitrogens with zero attached hydrogens (tertiary/aromatic N) is 2. The third-order valence-electron chi connectivity index (χ3n) is 5.70. The van der Waals surface area contributed by atoms with Crippen LogP contribution in [0.2, 0.25) is 0 Å². The monoisotopic (exact) mass is 494 g/mol. The number of halogens is 1. The van der Waals surface area contributed by atoms with Gasteiger partial charge in [-0.05, 0) is 49.7 Å². The molecule has 35 heavy (non-hydrogen) atoms. The highest BCUT2D eigenvalue weighted by Crippen LogP contribution is 2.43. The van der Waals surface area contributed by atoms with Gasteiger partial charge in [-0.1, -0.05) is 23.5 Å². The Kier molecular flexibility index (Phi) is 5.60. The second kappa shape index (κ2) is 8.62. The third kappa shape index (κ3) is 3.66. The Hall–Kier alpha value is -4.05. The predicted molar refractivity (Wildman–Crippen MR) is 127 cm³/mol. The van der Waals surface area contributed by atoms with Crippen LogP contribution in [0.3, 0.4) is 0 Å². The topological polar surface area (TPSA) is 98.9 Å². The summed E-state index contributed by atoms with van der Waals surface area (Å²) in [6, 6.07) is 9.59. The summed E-state index contributed by atoms with van der Waals surface area (Å²) in [6.07, 6.45) is 0. The van der Waals surface area contributed by atoms with Gasteiger partial charge in [0.25, 0.3) is 5.91 Å². The van der Waals surface area contributed by atoms with Gasteiger partial charge in [0.05, 0.1) is 36.4 Å². The molecule has 8 nitrogen and oxygen atoms in total. The fourth-order valence-electron chi connectivity index (χ4n) is 4.14. The number of esters is 1. The molecule has 1 atom stereocenters. The summed E-state index contributed by atoms with van der Waals surface area (Å²) in [5.74, 6) is -1.30. The van der Waals surface area contributed by atoms with Crippen LogP contribution < -0.4 is 15.1 Å². The van der Waals surface area contributed by atoms with Crippen molar-refractivity contribution in [3.8, 4) is 5.75 Å². The number of carbonyl (C=O) groups excluding carboxylic acids is 2. The molecule has 0 fully saturated rings. The van der Waals surface area contributed by atoms with E-state index in [0.717, 1.165) is 23.5 Å². The molecule has 1 amide bonds. The zero-order chi connectivity index (χ0) is 24.9. The molecule has 1 aliphatic heterocycles. The first kappa shape index (κ1) is 22.7. The van der Waals surface area contributed by atoms with Gasteiger partial charge in [0, 0.05) is 0 Å². The number of anilines is 1. The van der Waals surface area contributed by atoms with E-state index < -0.39 is 29.2 Å². The van der Waals surface area contributed by atoms with Gasteiger partial charge >= 0.3 is 5.97 Å². The molecule has 2 aromatic carbocycles. The van der Waals surface area contributed by atoms with Gasteiger partial charge in [0.2, 0.25) is 5.76 Å². The van der Waals surface area contributed by atoms with Gasteiger partial charge in [0.1, 0.15) is 22.0 Å². The Labute approximate surface area is 202 Å². The first-order valence-corrected chi connectivity index (χ1v) is 11.5. The number of thiazole rings is 1. The molecule has 0 saturated heterocycles. The number of hydrogen-bond acceptors (Lipinski definition) is 8. The average molecular weight is 495 g/mol. The summed E-state index contributed by atoms with van der Waals surface area (Å²) in [7, 11) is 1.26. The zero-order valence-electron chi connectivity index (χ0n) is 19.0. The van der Waals surface area contributed by atoms with E-state index in [4.69, 9.17) is 13.9 Å². The Balaban J connectivity index is 1.75. The van der Waals surface area contributed by atoms with Gasteiger partial charge in [-0.3, -0.25) is 14.5 Å². The van der Waals surface area contributed by atoms with Crippen LogP contribution in [0.5, 0.6) is 5.75 Å². The minimum Gasteiger partial charge on any atom is -0.494 e. The normalized spacial score (nSPS) is 14.9. The highest BCUT2D eigenvalue weighted by Gasteiger charge is 2.45. The summed E-state index contributed by atoms with van der Waals surface area (Å²) in [5, 5.41) is 0.229. The quantitative estimate of drug-likeness (QED) is 0.373. The number of rotatable bonds is 5. The van der Waals surface area contributed by atoms with Gasteiger partial charge in [-0.15, -0.1) is 0 Å². The molecule has 0 aliphatic carbocycles. The van der Waals surface area contributed by atoms with Crippen LogP contribution in [0.4, 0.5) is 9.52 Å². The number of amides is 1. The van der Waals surface area contributed by atoms with Crippen LogP contribution in [0.1, 0.15) is 50.0 Å². The largest absolute Gasteiger partial charge is 0.494 e. The molecule has 0 unspecified atom stereocenters. The fraction of sp³-hybridized carbons (Fsp3) is 0.200. The number of hydrogen-bond donors (Lipinski definition) is 0. The van der Waals surface area contributed by atoms with E-state index in [2.05, 4.69) is 4.98 Å². The van der Waals surface area contributed by atoms with Gasteiger partial charge < -0.3 is 13.9 Å².